The monoisotopic (exact) mass is 301 g/mol. The van der Waals surface area contributed by atoms with Crippen molar-refractivity contribution in [3.63, 3.8) is 0 Å². The van der Waals surface area contributed by atoms with Gasteiger partial charge in [-0.25, -0.2) is 0 Å². The highest BCUT2D eigenvalue weighted by molar-refractivity contribution is 5.92. The fourth-order valence-electron chi connectivity index (χ4n) is 4.02. The number of rotatable bonds is 3. The highest BCUT2D eigenvalue weighted by Gasteiger charge is 2.46. The van der Waals surface area contributed by atoms with Gasteiger partial charge in [0.2, 0.25) is 5.91 Å². The number of pyridine rings is 1. The molecule has 4 rings (SSSR count). The third-order valence-electron chi connectivity index (χ3n) is 5.52. The summed E-state index contributed by atoms with van der Waals surface area (Å²) in [6.45, 7) is 3.52. The Morgan fingerprint density at radius 3 is 2.95 bits per heavy atom. The summed E-state index contributed by atoms with van der Waals surface area (Å²) >= 11 is 0. The van der Waals surface area contributed by atoms with Gasteiger partial charge in [0.05, 0.1) is 31.0 Å². The lowest BCUT2D eigenvalue weighted by Gasteiger charge is -2.35. The van der Waals surface area contributed by atoms with E-state index in [1.807, 2.05) is 12.1 Å². The van der Waals surface area contributed by atoms with E-state index in [1.165, 1.54) is 19.3 Å². The van der Waals surface area contributed by atoms with Crippen LogP contribution in [0.25, 0.3) is 0 Å². The highest BCUT2D eigenvalue weighted by Crippen LogP contribution is 2.38. The number of anilines is 1. The summed E-state index contributed by atoms with van der Waals surface area (Å²) in [5.41, 5.74) is 0.767. The number of aromatic nitrogens is 1. The number of carbonyl (C=O) groups excluding carboxylic acids is 1. The van der Waals surface area contributed by atoms with Gasteiger partial charge in [-0.3, -0.25) is 14.7 Å². The van der Waals surface area contributed by atoms with Gasteiger partial charge in [0.1, 0.15) is 0 Å². The normalized spacial score (nSPS) is 32.3. The van der Waals surface area contributed by atoms with Crippen LogP contribution in [0.2, 0.25) is 0 Å². The second-order valence-corrected chi connectivity index (χ2v) is 6.84. The Balaban J connectivity index is 1.43. The largest absolute Gasteiger partial charge is 0.380 e. The zero-order chi connectivity index (χ0) is 14.9. The predicted molar refractivity (Wildman–Crippen MR) is 83.4 cm³/mol. The van der Waals surface area contributed by atoms with Crippen molar-refractivity contribution in [2.24, 2.45) is 17.8 Å². The summed E-state index contributed by atoms with van der Waals surface area (Å²) < 4.78 is 5.73. The molecule has 1 saturated carbocycles. The number of likely N-dealkylation sites (tertiary alicyclic amines) is 1. The van der Waals surface area contributed by atoms with E-state index in [-0.39, 0.29) is 11.8 Å². The predicted octanol–water partition coefficient (Wildman–Crippen LogP) is 1.77. The van der Waals surface area contributed by atoms with Gasteiger partial charge >= 0.3 is 0 Å². The Morgan fingerprint density at radius 2 is 2.23 bits per heavy atom. The number of nitrogens with zero attached hydrogens (tertiary/aromatic N) is 2. The first-order valence-electron chi connectivity index (χ1n) is 8.34. The molecule has 5 nitrogen and oxygen atoms in total. The second kappa shape index (κ2) is 5.97. The molecule has 2 saturated heterocycles. The van der Waals surface area contributed by atoms with Gasteiger partial charge in [0.15, 0.2) is 0 Å². The van der Waals surface area contributed by atoms with E-state index >= 15 is 0 Å². The van der Waals surface area contributed by atoms with Gasteiger partial charge in [-0.05, 0) is 36.8 Å². The molecule has 0 spiro atoms. The molecule has 0 radical (unpaired) electrons. The molecule has 1 N–H and O–H groups in total. The Kier molecular flexibility index (Phi) is 3.84. The smallest absolute Gasteiger partial charge is 0.230 e. The van der Waals surface area contributed by atoms with Crippen LogP contribution in [0.3, 0.4) is 0 Å². The van der Waals surface area contributed by atoms with Gasteiger partial charge in [0, 0.05) is 25.3 Å². The molecule has 118 valence electrons. The quantitative estimate of drug-likeness (QED) is 0.924. The molecule has 3 heterocycles. The molecule has 3 aliphatic rings. The lowest BCUT2D eigenvalue weighted by molar-refractivity contribution is -0.128. The molecule has 0 bridgehead atoms. The van der Waals surface area contributed by atoms with Crippen LogP contribution < -0.4 is 5.32 Å². The molecule has 1 aliphatic carbocycles. The van der Waals surface area contributed by atoms with Gasteiger partial charge in [-0.15, -0.1) is 0 Å². The highest BCUT2D eigenvalue weighted by atomic mass is 16.5. The molecule has 2 aliphatic heterocycles. The summed E-state index contributed by atoms with van der Waals surface area (Å²) in [6, 6.07) is 4.47. The van der Waals surface area contributed by atoms with Crippen LogP contribution in [0.4, 0.5) is 5.69 Å². The summed E-state index contributed by atoms with van der Waals surface area (Å²) in [5.74, 6) is 0.993. The molecular formula is C17H23N3O2. The summed E-state index contributed by atoms with van der Waals surface area (Å²) in [5, 5.41) is 3.00. The molecular weight excluding hydrogens is 278 g/mol. The van der Waals surface area contributed by atoms with Crippen molar-refractivity contribution in [1.82, 2.24) is 9.88 Å². The van der Waals surface area contributed by atoms with Crippen molar-refractivity contribution in [2.75, 3.05) is 31.6 Å². The fraction of sp³-hybridized carbons (Fsp3) is 0.647. The van der Waals surface area contributed by atoms with E-state index in [0.29, 0.717) is 18.4 Å². The van der Waals surface area contributed by atoms with Crippen molar-refractivity contribution in [1.29, 1.82) is 0 Å². The van der Waals surface area contributed by atoms with Crippen molar-refractivity contribution in [3.05, 3.63) is 24.5 Å². The van der Waals surface area contributed by atoms with E-state index < -0.39 is 0 Å². The van der Waals surface area contributed by atoms with E-state index in [0.717, 1.165) is 31.4 Å². The van der Waals surface area contributed by atoms with Gasteiger partial charge < -0.3 is 10.1 Å². The molecule has 1 amide bonds. The van der Waals surface area contributed by atoms with Crippen molar-refractivity contribution in [2.45, 2.75) is 25.3 Å². The van der Waals surface area contributed by atoms with Crippen LogP contribution in [0.15, 0.2) is 24.5 Å². The van der Waals surface area contributed by atoms with Gasteiger partial charge in [0.25, 0.3) is 0 Å². The minimum atomic E-state index is -0.0379. The first-order chi connectivity index (χ1) is 10.8. The number of amides is 1. The van der Waals surface area contributed by atoms with Gasteiger partial charge in [-0.2, -0.15) is 0 Å². The summed E-state index contributed by atoms with van der Waals surface area (Å²) in [6.07, 6.45) is 7.41. The molecule has 3 fully saturated rings. The van der Waals surface area contributed by atoms with Crippen LogP contribution in [0.5, 0.6) is 0 Å². The van der Waals surface area contributed by atoms with E-state index in [2.05, 4.69) is 15.2 Å². The maximum absolute atomic E-state index is 12.6. The summed E-state index contributed by atoms with van der Waals surface area (Å²) in [4.78, 5) is 19.3. The molecule has 1 aromatic rings. The lowest BCUT2D eigenvalue weighted by Crippen LogP contribution is -2.42. The molecule has 3 atom stereocenters. The van der Waals surface area contributed by atoms with E-state index in [4.69, 9.17) is 4.74 Å². The van der Waals surface area contributed by atoms with Gasteiger partial charge in [-0.1, -0.05) is 6.42 Å². The molecule has 5 heteroatoms. The Morgan fingerprint density at radius 1 is 1.32 bits per heavy atom. The van der Waals surface area contributed by atoms with E-state index in [9.17, 15) is 4.79 Å². The number of hydrogen-bond donors (Lipinski definition) is 1. The number of fused-ring (bicyclic) bond motifs is 1. The number of carbonyl (C=O) groups is 1. The average Bonchev–Trinajstić information content (AvgIpc) is 2.89. The Labute approximate surface area is 131 Å². The topological polar surface area (TPSA) is 54.5 Å². The molecule has 1 aromatic heterocycles. The first-order valence-corrected chi connectivity index (χ1v) is 8.34. The molecule has 0 aromatic carbocycles. The van der Waals surface area contributed by atoms with Crippen molar-refractivity contribution >= 4 is 11.6 Å². The van der Waals surface area contributed by atoms with Crippen LogP contribution in [0.1, 0.15) is 19.3 Å². The van der Waals surface area contributed by atoms with Crippen LogP contribution in [-0.4, -0.2) is 48.1 Å². The minimum absolute atomic E-state index is 0.0379. The van der Waals surface area contributed by atoms with Crippen LogP contribution >= 0.6 is 0 Å². The lowest BCUT2D eigenvalue weighted by atomic mass is 9.82. The molecule has 22 heavy (non-hydrogen) atoms. The standard InChI is InChI=1S/C17H23N3O2/c21-17(19-13-3-2-6-18-7-13)16-11-22-10-12-8-20(9-15(12)16)14-4-1-5-14/h2-3,6-7,12,14-16H,1,4-5,8-11H2,(H,19,21)/t12-,15-,16+/m1/s1. The van der Waals surface area contributed by atoms with E-state index in [1.54, 1.807) is 12.4 Å². The third kappa shape index (κ3) is 2.63. The molecule has 0 unspecified atom stereocenters. The SMILES string of the molecule is O=C(Nc1cccnc1)[C@H]1COC[C@H]2CN(C3CCC3)C[C@H]21. The number of ether oxygens (including phenoxy) is 1. The van der Waals surface area contributed by atoms with Crippen LogP contribution in [0, 0.1) is 17.8 Å². The maximum Gasteiger partial charge on any atom is 0.230 e. The van der Waals surface area contributed by atoms with Crippen LogP contribution in [-0.2, 0) is 9.53 Å². The zero-order valence-corrected chi connectivity index (χ0v) is 12.8. The number of hydrogen-bond acceptors (Lipinski definition) is 4. The Bertz CT molecular complexity index is 532. The summed E-state index contributed by atoms with van der Waals surface area (Å²) in [7, 11) is 0. The van der Waals surface area contributed by atoms with Crippen molar-refractivity contribution < 1.29 is 9.53 Å². The minimum Gasteiger partial charge on any atom is -0.380 e. The fourth-order valence-corrected chi connectivity index (χ4v) is 4.02. The second-order valence-electron chi connectivity index (χ2n) is 6.84. The number of nitrogens with one attached hydrogen (secondary N) is 1. The first kappa shape index (κ1) is 14.2. The average molecular weight is 301 g/mol. The Hall–Kier alpha value is -1.46. The third-order valence-corrected chi connectivity index (χ3v) is 5.52. The maximum atomic E-state index is 12.6. The zero-order valence-electron chi connectivity index (χ0n) is 12.8. The van der Waals surface area contributed by atoms with Crippen molar-refractivity contribution in [3.8, 4) is 0 Å².